The molecule has 0 spiro atoms. The molecule has 1 aliphatic heterocycles. The molecule has 1 saturated heterocycles. The minimum absolute atomic E-state index is 0.0561. The monoisotopic (exact) mass is 385 g/mol. The van der Waals surface area contributed by atoms with Gasteiger partial charge in [0.1, 0.15) is 5.75 Å². The van der Waals surface area contributed by atoms with Crippen LogP contribution in [0.2, 0.25) is 0 Å². The SMILES string of the molecule is CCCCN1C(=O)[C@H]([C@H]2C=CC[C@H](C(=O)OCC)C2)[C@@H]1c1ccc(OC)cc1. The first kappa shape index (κ1) is 20.4. The summed E-state index contributed by atoms with van der Waals surface area (Å²) in [6.07, 6.45) is 7.60. The molecule has 152 valence electrons. The van der Waals surface area contributed by atoms with Crippen molar-refractivity contribution < 1.29 is 19.1 Å². The maximum Gasteiger partial charge on any atom is 0.309 e. The second-order valence-electron chi connectivity index (χ2n) is 7.64. The Bertz CT molecular complexity index is 712. The average molecular weight is 386 g/mol. The molecule has 0 unspecified atom stereocenters. The highest BCUT2D eigenvalue weighted by molar-refractivity contribution is 5.87. The summed E-state index contributed by atoms with van der Waals surface area (Å²) in [6, 6.07) is 8.06. The van der Waals surface area contributed by atoms with Gasteiger partial charge in [-0.25, -0.2) is 0 Å². The van der Waals surface area contributed by atoms with E-state index in [2.05, 4.69) is 25.1 Å². The molecule has 0 aromatic heterocycles. The van der Waals surface area contributed by atoms with Gasteiger partial charge in [-0.1, -0.05) is 37.6 Å². The molecule has 3 rings (SSSR count). The third-order valence-corrected chi connectivity index (χ3v) is 5.90. The molecule has 2 aliphatic rings. The third-order valence-electron chi connectivity index (χ3n) is 5.90. The number of unbranched alkanes of at least 4 members (excludes halogenated alkanes) is 1. The highest BCUT2D eigenvalue weighted by Crippen LogP contribution is 2.48. The van der Waals surface area contributed by atoms with E-state index in [1.165, 1.54) is 0 Å². The van der Waals surface area contributed by atoms with E-state index >= 15 is 0 Å². The second-order valence-corrected chi connectivity index (χ2v) is 7.64. The molecule has 1 heterocycles. The van der Waals surface area contributed by atoms with Crippen LogP contribution in [0.5, 0.6) is 5.75 Å². The number of nitrogens with zero attached hydrogens (tertiary/aromatic N) is 1. The van der Waals surface area contributed by atoms with Crippen molar-refractivity contribution in [2.75, 3.05) is 20.3 Å². The van der Waals surface area contributed by atoms with E-state index in [0.29, 0.717) is 19.4 Å². The van der Waals surface area contributed by atoms with E-state index in [9.17, 15) is 9.59 Å². The van der Waals surface area contributed by atoms with Gasteiger partial charge >= 0.3 is 5.97 Å². The Kier molecular flexibility index (Phi) is 6.76. The van der Waals surface area contributed by atoms with Gasteiger partial charge < -0.3 is 14.4 Å². The zero-order chi connectivity index (χ0) is 20.1. The molecule has 1 fully saturated rings. The molecule has 1 aromatic rings. The number of allylic oxidation sites excluding steroid dienone is 2. The quantitative estimate of drug-likeness (QED) is 0.383. The van der Waals surface area contributed by atoms with E-state index in [1.54, 1.807) is 7.11 Å². The van der Waals surface area contributed by atoms with Crippen molar-refractivity contribution in [1.29, 1.82) is 0 Å². The van der Waals surface area contributed by atoms with E-state index in [-0.39, 0.29) is 35.7 Å². The fraction of sp³-hybridized carbons (Fsp3) is 0.565. The van der Waals surface area contributed by atoms with Crippen molar-refractivity contribution in [3.8, 4) is 5.75 Å². The average Bonchev–Trinajstić information content (AvgIpc) is 2.72. The van der Waals surface area contributed by atoms with Gasteiger partial charge in [0, 0.05) is 6.54 Å². The fourth-order valence-electron chi connectivity index (χ4n) is 4.40. The number of rotatable bonds is 8. The van der Waals surface area contributed by atoms with E-state index in [1.807, 2.05) is 30.0 Å². The van der Waals surface area contributed by atoms with Crippen LogP contribution in [-0.4, -0.2) is 37.0 Å². The van der Waals surface area contributed by atoms with Crippen molar-refractivity contribution in [3.05, 3.63) is 42.0 Å². The Labute approximate surface area is 167 Å². The molecule has 4 atom stereocenters. The number of esters is 1. The Morgan fingerprint density at radius 1 is 1.21 bits per heavy atom. The van der Waals surface area contributed by atoms with Crippen LogP contribution < -0.4 is 4.74 Å². The van der Waals surface area contributed by atoms with Gasteiger partial charge in [-0.2, -0.15) is 0 Å². The molecule has 28 heavy (non-hydrogen) atoms. The predicted octanol–water partition coefficient (Wildman–Crippen LogP) is 4.14. The van der Waals surface area contributed by atoms with Crippen LogP contribution in [0, 0.1) is 17.8 Å². The minimum atomic E-state index is -0.149. The van der Waals surface area contributed by atoms with E-state index in [0.717, 1.165) is 30.7 Å². The summed E-state index contributed by atoms with van der Waals surface area (Å²) < 4.78 is 10.5. The predicted molar refractivity (Wildman–Crippen MR) is 108 cm³/mol. The molecule has 5 nitrogen and oxygen atoms in total. The number of carbonyl (C=O) groups excluding carboxylic acids is 2. The van der Waals surface area contributed by atoms with Crippen LogP contribution in [0.3, 0.4) is 0 Å². The van der Waals surface area contributed by atoms with Crippen molar-refractivity contribution in [3.63, 3.8) is 0 Å². The number of benzene rings is 1. The molecule has 1 aromatic carbocycles. The number of amides is 1. The summed E-state index contributed by atoms with van der Waals surface area (Å²) in [5.74, 6) is 0.676. The maximum atomic E-state index is 13.0. The van der Waals surface area contributed by atoms with E-state index in [4.69, 9.17) is 9.47 Å². The van der Waals surface area contributed by atoms with Crippen LogP contribution in [-0.2, 0) is 14.3 Å². The Morgan fingerprint density at radius 3 is 2.61 bits per heavy atom. The summed E-state index contributed by atoms with van der Waals surface area (Å²) in [7, 11) is 1.65. The normalized spacial score (nSPS) is 26.7. The van der Waals surface area contributed by atoms with Crippen LogP contribution in [0.25, 0.3) is 0 Å². The van der Waals surface area contributed by atoms with Crippen molar-refractivity contribution in [1.82, 2.24) is 4.90 Å². The van der Waals surface area contributed by atoms with Gasteiger partial charge in [-0.05, 0) is 49.8 Å². The molecule has 0 saturated carbocycles. The zero-order valence-corrected chi connectivity index (χ0v) is 17.1. The summed E-state index contributed by atoms with van der Waals surface area (Å²) in [6.45, 7) is 5.14. The number of hydrogen-bond acceptors (Lipinski definition) is 4. The Hall–Kier alpha value is -2.30. The summed E-state index contributed by atoms with van der Waals surface area (Å²) in [4.78, 5) is 27.2. The smallest absolute Gasteiger partial charge is 0.309 e. The first-order chi connectivity index (χ1) is 13.6. The molecule has 1 amide bonds. The van der Waals surface area contributed by atoms with Crippen LogP contribution in [0.4, 0.5) is 0 Å². The number of β-lactam (4-membered cyclic amide) rings is 1. The van der Waals surface area contributed by atoms with Gasteiger partial charge in [0.2, 0.25) is 5.91 Å². The maximum absolute atomic E-state index is 13.0. The topological polar surface area (TPSA) is 55.8 Å². The summed E-state index contributed by atoms with van der Waals surface area (Å²) in [5.41, 5.74) is 1.13. The number of methoxy groups -OCH3 is 1. The van der Waals surface area contributed by atoms with E-state index < -0.39 is 0 Å². The number of likely N-dealkylation sites (tertiary alicyclic amines) is 1. The minimum Gasteiger partial charge on any atom is -0.497 e. The van der Waals surface area contributed by atoms with Gasteiger partial charge in [0.05, 0.1) is 31.6 Å². The summed E-state index contributed by atoms with van der Waals surface area (Å²) >= 11 is 0. The Balaban J connectivity index is 1.81. The molecule has 0 radical (unpaired) electrons. The second kappa shape index (κ2) is 9.26. The highest BCUT2D eigenvalue weighted by atomic mass is 16.5. The molecular weight excluding hydrogens is 354 g/mol. The molecular formula is C23H31NO4. The molecule has 0 bridgehead atoms. The van der Waals surface area contributed by atoms with Gasteiger partial charge in [0.25, 0.3) is 0 Å². The molecule has 1 aliphatic carbocycles. The summed E-state index contributed by atoms with van der Waals surface area (Å²) in [5, 5.41) is 0. The van der Waals surface area contributed by atoms with Crippen molar-refractivity contribution in [2.45, 2.75) is 45.6 Å². The third kappa shape index (κ3) is 4.08. The molecule has 5 heteroatoms. The number of hydrogen-bond donors (Lipinski definition) is 0. The fourth-order valence-corrected chi connectivity index (χ4v) is 4.40. The van der Waals surface area contributed by atoms with Crippen molar-refractivity contribution >= 4 is 11.9 Å². The first-order valence-electron chi connectivity index (χ1n) is 10.4. The number of ether oxygens (including phenoxy) is 2. The lowest BCUT2D eigenvalue weighted by molar-refractivity contribution is -0.162. The van der Waals surface area contributed by atoms with Crippen LogP contribution in [0.15, 0.2) is 36.4 Å². The lowest BCUT2D eigenvalue weighted by atomic mass is 9.69. The standard InChI is InChI=1S/C23H31NO4/c1-4-6-14-24-21(16-10-12-19(27-3)13-11-16)20(22(24)25)17-8-7-9-18(15-17)23(26)28-5-2/h7-8,10-13,17-18,20-21H,4-6,9,14-15H2,1-3H3/t17-,18-,20+,21-/m0/s1. The number of carbonyl (C=O) groups is 2. The van der Waals surface area contributed by atoms with Gasteiger partial charge in [0.15, 0.2) is 0 Å². The van der Waals surface area contributed by atoms with Crippen molar-refractivity contribution in [2.24, 2.45) is 17.8 Å². The molecule has 0 N–H and O–H groups in total. The lowest BCUT2D eigenvalue weighted by Gasteiger charge is -2.51. The van der Waals surface area contributed by atoms with Crippen LogP contribution in [0.1, 0.15) is 51.1 Å². The lowest BCUT2D eigenvalue weighted by Crippen LogP contribution is -2.57. The first-order valence-corrected chi connectivity index (χ1v) is 10.4. The van der Waals surface area contributed by atoms with Crippen LogP contribution >= 0.6 is 0 Å². The van der Waals surface area contributed by atoms with Gasteiger partial charge in [-0.3, -0.25) is 9.59 Å². The van der Waals surface area contributed by atoms with Gasteiger partial charge in [-0.15, -0.1) is 0 Å². The largest absolute Gasteiger partial charge is 0.497 e. The highest BCUT2D eigenvalue weighted by Gasteiger charge is 2.51. The zero-order valence-electron chi connectivity index (χ0n) is 17.1. The Morgan fingerprint density at radius 2 is 1.96 bits per heavy atom.